The average molecular weight is 250 g/mol. The van der Waals surface area contributed by atoms with Crippen molar-refractivity contribution in [2.75, 3.05) is 0 Å². The van der Waals surface area contributed by atoms with Crippen LogP contribution < -0.4 is 4.74 Å². The molecule has 0 aliphatic heterocycles. The summed E-state index contributed by atoms with van der Waals surface area (Å²) >= 11 is 0. The summed E-state index contributed by atoms with van der Waals surface area (Å²) in [7, 11) is 0. The Kier molecular flexibility index (Phi) is 5.36. The van der Waals surface area contributed by atoms with Crippen LogP contribution in [0.2, 0.25) is 0 Å². The molecule has 4 heteroatoms. The Morgan fingerprint density at radius 3 is 2.33 bits per heavy atom. The van der Waals surface area contributed by atoms with Crippen molar-refractivity contribution in [3.63, 3.8) is 0 Å². The number of carbonyl (C=O) groups is 2. The molecule has 0 spiro atoms. The highest BCUT2D eigenvalue weighted by atomic mass is 16.5. The SMILES string of the molecule is CCCC(Oc1ccc(CC(C)=O)cc1)C(=O)O. The van der Waals surface area contributed by atoms with Gasteiger partial charge in [0.05, 0.1) is 0 Å². The normalized spacial score (nSPS) is 11.9. The molecule has 0 amide bonds. The maximum absolute atomic E-state index is 10.9. The molecule has 0 aromatic heterocycles. The van der Waals surface area contributed by atoms with Crippen molar-refractivity contribution in [1.82, 2.24) is 0 Å². The molecule has 4 nitrogen and oxygen atoms in total. The average Bonchev–Trinajstić information content (AvgIpc) is 2.30. The van der Waals surface area contributed by atoms with E-state index in [4.69, 9.17) is 9.84 Å². The van der Waals surface area contributed by atoms with Gasteiger partial charge in [0.2, 0.25) is 0 Å². The van der Waals surface area contributed by atoms with Crippen LogP contribution in [0.1, 0.15) is 32.3 Å². The number of Topliss-reactive ketones (excluding diaryl/α,β-unsaturated/α-hetero) is 1. The second kappa shape index (κ2) is 6.79. The molecule has 0 radical (unpaired) electrons. The monoisotopic (exact) mass is 250 g/mol. The summed E-state index contributed by atoms with van der Waals surface area (Å²) in [5.74, 6) is -0.342. The Morgan fingerprint density at radius 1 is 1.28 bits per heavy atom. The van der Waals surface area contributed by atoms with Crippen LogP contribution in [0.25, 0.3) is 0 Å². The fraction of sp³-hybridized carbons (Fsp3) is 0.429. The number of hydrogen-bond acceptors (Lipinski definition) is 3. The van der Waals surface area contributed by atoms with E-state index in [2.05, 4.69) is 0 Å². The lowest BCUT2D eigenvalue weighted by Gasteiger charge is -2.14. The van der Waals surface area contributed by atoms with Crippen molar-refractivity contribution in [3.8, 4) is 5.75 Å². The zero-order valence-corrected chi connectivity index (χ0v) is 10.7. The Bertz CT molecular complexity index is 408. The summed E-state index contributed by atoms with van der Waals surface area (Å²) < 4.78 is 5.39. The first-order valence-corrected chi connectivity index (χ1v) is 6.00. The zero-order chi connectivity index (χ0) is 13.5. The molecule has 0 heterocycles. The van der Waals surface area contributed by atoms with Gasteiger partial charge in [-0.1, -0.05) is 25.5 Å². The van der Waals surface area contributed by atoms with E-state index in [0.29, 0.717) is 18.6 Å². The van der Waals surface area contributed by atoms with E-state index in [9.17, 15) is 9.59 Å². The highest BCUT2D eigenvalue weighted by Gasteiger charge is 2.17. The summed E-state index contributed by atoms with van der Waals surface area (Å²) in [5, 5.41) is 8.97. The minimum absolute atomic E-state index is 0.0954. The molecule has 0 saturated heterocycles. The lowest BCUT2D eigenvalue weighted by molar-refractivity contribution is -0.145. The molecule has 0 fully saturated rings. The summed E-state index contributed by atoms with van der Waals surface area (Å²) in [6.07, 6.45) is 0.801. The molecule has 1 aromatic rings. The first kappa shape index (κ1) is 14.2. The first-order chi connectivity index (χ1) is 8.52. The molecule has 98 valence electrons. The molecule has 0 aliphatic rings. The molecule has 1 rings (SSSR count). The van der Waals surface area contributed by atoms with Crippen LogP contribution >= 0.6 is 0 Å². The minimum Gasteiger partial charge on any atom is -0.479 e. The molecule has 0 bridgehead atoms. The number of carboxylic acids is 1. The predicted molar refractivity (Wildman–Crippen MR) is 67.8 cm³/mol. The van der Waals surface area contributed by atoms with E-state index >= 15 is 0 Å². The minimum atomic E-state index is -0.954. The molecule has 0 saturated carbocycles. The quantitative estimate of drug-likeness (QED) is 0.807. The maximum atomic E-state index is 10.9. The number of ketones is 1. The van der Waals surface area contributed by atoms with Crippen molar-refractivity contribution in [2.45, 2.75) is 39.2 Å². The third kappa shape index (κ3) is 4.57. The van der Waals surface area contributed by atoms with Crippen molar-refractivity contribution in [2.24, 2.45) is 0 Å². The largest absolute Gasteiger partial charge is 0.479 e. The number of rotatable bonds is 7. The summed E-state index contributed by atoms with van der Waals surface area (Å²) in [6.45, 7) is 3.45. The Balaban J connectivity index is 2.67. The van der Waals surface area contributed by atoms with Gasteiger partial charge in [0.1, 0.15) is 11.5 Å². The summed E-state index contributed by atoms with van der Waals surface area (Å²) in [5.41, 5.74) is 0.900. The van der Waals surface area contributed by atoms with E-state index in [1.165, 1.54) is 6.92 Å². The highest BCUT2D eigenvalue weighted by Crippen LogP contribution is 2.16. The lowest BCUT2D eigenvalue weighted by atomic mass is 10.1. The van der Waals surface area contributed by atoms with Gasteiger partial charge >= 0.3 is 5.97 Å². The number of carbonyl (C=O) groups excluding carboxylic acids is 1. The standard InChI is InChI=1S/C14H18O4/c1-3-4-13(14(16)17)18-12-7-5-11(6-8-12)9-10(2)15/h5-8,13H,3-4,9H2,1-2H3,(H,16,17). The lowest BCUT2D eigenvalue weighted by Crippen LogP contribution is -2.26. The molecular weight excluding hydrogens is 232 g/mol. The number of aliphatic carboxylic acids is 1. The molecule has 1 N–H and O–H groups in total. The fourth-order valence-electron chi connectivity index (χ4n) is 1.63. The van der Waals surface area contributed by atoms with Gasteiger partial charge in [-0.3, -0.25) is 4.79 Å². The molecule has 1 unspecified atom stereocenters. The fourth-order valence-corrected chi connectivity index (χ4v) is 1.63. The van der Waals surface area contributed by atoms with Crippen molar-refractivity contribution in [1.29, 1.82) is 0 Å². The van der Waals surface area contributed by atoms with Crippen LogP contribution in [0.4, 0.5) is 0 Å². The topological polar surface area (TPSA) is 63.6 Å². The van der Waals surface area contributed by atoms with Gasteiger partial charge in [0, 0.05) is 6.42 Å². The van der Waals surface area contributed by atoms with E-state index < -0.39 is 12.1 Å². The van der Waals surface area contributed by atoms with Crippen LogP contribution in [0.5, 0.6) is 5.75 Å². The molecule has 0 aliphatic carbocycles. The van der Waals surface area contributed by atoms with Crippen LogP contribution in [-0.4, -0.2) is 23.0 Å². The smallest absolute Gasteiger partial charge is 0.344 e. The van der Waals surface area contributed by atoms with Crippen molar-refractivity contribution >= 4 is 11.8 Å². The molecule has 1 aromatic carbocycles. The van der Waals surface area contributed by atoms with Gasteiger partial charge in [-0.05, 0) is 31.0 Å². The first-order valence-electron chi connectivity index (χ1n) is 6.00. The Morgan fingerprint density at radius 2 is 1.89 bits per heavy atom. The van der Waals surface area contributed by atoms with Crippen LogP contribution in [0, 0.1) is 0 Å². The third-order valence-electron chi connectivity index (χ3n) is 2.48. The van der Waals surface area contributed by atoms with Crippen molar-refractivity contribution in [3.05, 3.63) is 29.8 Å². The maximum Gasteiger partial charge on any atom is 0.344 e. The van der Waals surface area contributed by atoms with Crippen LogP contribution in [0.15, 0.2) is 24.3 Å². The van der Waals surface area contributed by atoms with Gasteiger partial charge < -0.3 is 9.84 Å². The second-order valence-corrected chi connectivity index (χ2v) is 4.26. The molecule has 18 heavy (non-hydrogen) atoms. The van der Waals surface area contributed by atoms with Crippen LogP contribution in [0.3, 0.4) is 0 Å². The van der Waals surface area contributed by atoms with Crippen molar-refractivity contribution < 1.29 is 19.4 Å². The number of carboxylic acid groups (broad SMARTS) is 1. The molecule has 1 atom stereocenters. The van der Waals surface area contributed by atoms with Gasteiger partial charge in [0.25, 0.3) is 0 Å². The summed E-state index contributed by atoms with van der Waals surface area (Å²) in [6, 6.07) is 6.96. The predicted octanol–water partition coefficient (Wildman–Crippen LogP) is 2.45. The van der Waals surface area contributed by atoms with E-state index in [-0.39, 0.29) is 5.78 Å². The third-order valence-corrected chi connectivity index (χ3v) is 2.48. The van der Waals surface area contributed by atoms with Gasteiger partial charge in [-0.25, -0.2) is 4.79 Å². The van der Waals surface area contributed by atoms with Crippen LogP contribution in [-0.2, 0) is 16.0 Å². The molecular formula is C14H18O4. The Labute approximate surface area is 107 Å². The number of benzene rings is 1. The van der Waals surface area contributed by atoms with E-state index in [0.717, 1.165) is 12.0 Å². The number of hydrogen-bond donors (Lipinski definition) is 1. The Hall–Kier alpha value is -1.84. The zero-order valence-electron chi connectivity index (χ0n) is 10.7. The highest BCUT2D eigenvalue weighted by molar-refractivity contribution is 5.78. The summed E-state index contributed by atoms with van der Waals surface area (Å²) in [4.78, 5) is 21.9. The second-order valence-electron chi connectivity index (χ2n) is 4.26. The van der Waals surface area contributed by atoms with Gasteiger partial charge in [-0.2, -0.15) is 0 Å². The van der Waals surface area contributed by atoms with Gasteiger partial charge in [0.15, 0.2) is 6.10 Å². The number of ether oxygens (including phenoxy) is 1. The van der Waals surface area contributed by atoms with E-state index in [1.54, 1.807) is 24.3 Å². The van der Waals surface area contributed by atoms with E-state index in [1.807, 2.05) is 6.92 Å². The van der Waals surface area contributed by atoms with Gasteiger partial charge in [-0.15, -0.1) is 0 Å².